The topological polar surface area (TPSA) is 258 Å². The minimum Gasteiger partial charge on any atom is -0.371 e. The number of anilines is 1. The normalized spacial score (nSPS) is 31.0. The third kappa shape index (κ3) is 2.10. The minimum atomic E-state index is -2.31. The number of nitrogens with two attached hydrogens (primary N) is 6. The van der Waals surface area contributed by atoms with Crippen LogP contribution in [0, 0.1) is 0 Å². The van der Waals surface area contributed by atoms with Gasteiger partial charge in [0.15, 0.2) is 16.9 Å². The van der Waals surface area contributed by atoms with E-state index in [9.17, 15) is 9.90 Å². The quantitative estimate of drug-likeness (QED) is 0.193. The third-order valence-electron chi connectivity index (χ3n) is 3.99. The lowest BCUT2D eigenvalue weighted by Gasteiger charge is -2.43. The van der Waals surface area contributed by atoms with E-state index in [1.54, 1.807) is 0 Å². The smallest absolute Gasteiger partial charge is 0.280 e. The summed E-state index contributed by atoms with van der Waals surface area (Å²) in [6.45, 7) is 0. The molecule has 3 heterocycles. The molecule has 24 heavy (non-hydrogen) atoms. The Kier molecular flexibility index (Phi) is 3.41. The molecule has 0 radical (unpaired) electrons. The Labute approximate surface area is 133 Å². The van der Waals surface area contributed by atoms with Gasteiger partial charge in [-0.05, 0) is 0 Å². The van der Waals surface area contributed by atoms with Crippen molar-refractivity contribution in [3.8, 4) is 0 Å². The molecule has 3 atom stereocenters. The molecule has 14 heteroatoms. The average molecular weight is 342 g/mol. The number of hydrogen-bond acceptors (Lipinski definition) is 12. The molecule has 14 nitrogen and oxygen atoms in total. The van der Waals surface area contributed by atoms with Crippen molar-refractivity contribution in [2.45, 2.75) is 29.9 Å². The predicted molar refractivity (Wildman–Crippen MR) is 79.7 cm³/mol. The van der Waals surface area contributed by atoms with E-state index in [-0.39, 0.29) is 23.5 Å². The molecule has 0 aliphatic carbocycles. The molecule has 0 amide bonds. The van der Waals surface area contributed by atoms with E-state index in [4.69, 9.17) is 39.3 Å². The van der Waals surface area contributed by atoms with E-state index in [0.717, 1.165) is 0 Å². The van der Waals surface area contributed by atoms with Crippen molar-refractivity contribution in [2.75, 3.05) is 5.73 Å². The first-order chi connectivity index (χ1) is 11.0. The number of H-pyrrole nitrogens is 1. The van der Waals surface area contributed by atoms with Gasteiger partial charge in [0.1, 0.15) is 6.23 Å². The molecule has 0 aromatic carbocycles. The van der Waals surface area contributed by atoms with Crippen LogP contribution in [-0.2, 0) is 9.57 Å². The first-order valence-corrected chi connectivity index (χ1v) is 6.68. The largest absolute Gasteiger partial charge is 0.371 e. The number of nitrogens with one attached hydrogen (secondary N) is 1. The molecule has 0 spiro atoms. The van der Waals surface area contributed by atoms with Crippen molar-refractivity contribution in [1.82, 2.24) is 19.5 Å². The van der Waals surface area contributed by atoms with Gasteiger partial charge in [0.25, 0.3) is 5.56 Å². The number of rotatable bonds is 3. The van der Waals surface area contributed by atoms with Crippen LogP contribution >= 0.6 is 0 Å². The standard InChI is InChI=1S/C10H18N10O4/c11-7-18-5-4(6(21)19-7)17-2-20(5)3-1-8(12,22)9(13,23-3)10(14,15)24-16/h2-3,22H,1,12-16H2,(H3,11,18,19,21)/t3-,8+,9+/m1/s1. The Balaban J connectivity index is 2.09. The summed E-state index contributed by atoms with van der Waals surface area (Å²) >= 11 is 0. The first-order valence-electron chi connectivity index (χ1n) is 6.68. The second-order valence-electron chi connectivity index (χ2n) is 5.62. The van der Waals surface area contributed by atoms with Crippen molar-refractivity contribution >= 4 is 17.1 Å². The SMILES string of the molecule is NOC(N)(N)[C@@]1(N)O[C@@H](n2cnc3c(=O)[nH]c(N)nc32)C[C@]1(N)O. The molecule has 1 saturated heterocycles. The second-order valence-corrected chi connectivity index (χ2v) is 5.62. The van der Waals surface area contributed by atoms with Crippen molar-refractivity contribution in [3.05, 3.63) is 16.7 Å². The van der Waals surface area contributed by atoms with Gasteiger partial charge in [0, 0.05) is 6.42 Å². The fourth-order valence-electron chi connectivity index (χ4n) is 2.60. The maximum absolute atomic E-state index is 11.8. The lowest BCUT2D eigenvalue weighted by Crippen LogP contribution is -2.82. The van der Waals surface area contributed by atoms with E-state index in [0.29, 0.717) is 0 Å². The van der Waals surface area contributed by atoms with Crippen LogP contribution in [0.25, 0.3) is 11.2 Å². The van der Waals surface area contributed by atoms with Crippen LogP contribution < -0.4 is 40.1 Å². The molecule has 1 aliphatic heterocycles. The lowest BCUT2D eigenvalue weighted by molar-refractivity contribution is -0.254. The molecule has 0 bridgehead atoms. The summed E-state index contributed by atoms with van der Waals surface area (Å²) in [6.07, 6.45) is -0.0509. The molecule has 3 rings (SSSR count). The molecule has 2 aromatic rings. The minimum absolute atomic E-state index is 0.00437. The molecule has 0 unspecified atom stereocenters. The second kappa shape index (κ2) is 4.91. The fraction of sp³-hybridized carbons (Fsp3) is 0.500. The number of imidazole rings is 1. The molecule has 1 aliphatic rings. The molecule has 132 valence electrons. The van der Waals surface area contributed by atoms with Crippen LogP contribution in [-0.4, -0.2) is 41.9 Å². The fourth-order valence-corrected chi connectivity index (χ4v) is 2.60. The van der Waals surface area contributed by atoms with Crippen LogP contribution in [0.4, 0.5) is 5.95 Å². The zero-order valence-electron chi connectivity index (χ0n) is 12.3. The van der Waals surface area contributed by atoms with Crippen molar-refractivity contribution in [3.63, 3.8) is 0 Å². The summed E-state index contributed by atoms with van der Waals surface area (Å²) in [5.41, 5.74) is 23.6. The van der Waals surface area contributed by atoms with E-state index in [2.05, 4.69) is 19.8 Å². The Morgan fingerprint density at radius 1 is 1.50 bits per heavy atom. The van der Waals surface area contributed by atoms with Crippen LogP contribution in [0.15, 0.2) is 11.1 Å². The molecule has 2 aromatic heterocycles. The van der Waals surface area contributed by atoms with Crippen LogP contribution in [0.5, 0.6) is 0 Å². The van der Waals surface area contributed by atoms with Crippen LogP contribution in [0.2, 0.25) is 0 Å². The summed E-state index contributed by atoms with van der Waals surface area (Å²) in [6, 6.07) is 0. The summed E-state index contributed by atoms with van der Waals surface area (Å²) in [5.74, 6) is 2.57. The maximum Gasteiger partial charge on any atom is 0.280 e. The highest BCUT2D eigenvalue weighted by molar-refractivity contribution is 5.70. The van der Waals surface area contributed by atoms with E-state index >= 15 is 0 Å². The monoisotopic (exact) mass is 342 g/mol. The number of nitrogens with zero attached hydrogens (tertiary/aromatic N) is 3. The summed E-state index contributed by atoms with van der Waals surface area (Å²) < 4.78 is 6.84. The van der Waals surface area contributed by atoms with Gasteiger partial charge in [-0.1, -0.05) is 0 Å². The number of aromatic nitrogens is 4. The average Bonchev–Trinajstić information content (AvgIpc) is 2.99. The van der Waals surface area contributed by atoms with Crippen molar-refractivity contribution < 1.29 is 14.7 Å². The Bertz CT molecular complexity index is 844. The number of nitrogen functional groups attached to an aromatic ring is 1. The van der Waals surface area contributed by atoms with E-state index < -0.39 is 29.1 Å². The van der Waals surface area contributed by atoms with Gasteiger partial charge >= 0.3 is 0 Å². The molecular formula is C10H18N10O4. The summed E-state index contributed by atoms with van der Waals surface area (Å²) in [5, 5.41) is 10.4. The van der Waals surface area contributed by atoms with Crippen molar-refractivity contribution in [2.24, 2.45) is 28.8 Å². The highest BCUT2D eigenvalue weighted by Crippen LogP contribution is 2.42. The Hall–Kier alpha value is -2.17. The number of hydrogen-bond donors (Lipinski definition) is 8. The lowest BCUT2D eigenvalue weighted by atomic mass is 9.95. The summed E-state index contributed by atoms with van der Waals surface area (Å²) in [4.78, 5) is 26.4. The highest BCUT2D eigenvalue weighted by atomic mass is 16.7. The number of aliphatic hydroxyl groups is 1. The third-order valence-corrected chi connectivity index (χ3v) is 3.99. The zero-order chi connectivity index (χ0) is 17.9. The first kappa shape index (κ1) is 16.7. The van der Waals surface area contributed by atoms with Gasteiger partial charge < -0.3 is 15.6 Å². The molecule has 14 N–H and O–H groups in total. The maximum atomic E-state index is 11.8. The van der Waals surface area contributed by atoms with Crippen LogP contribution in [0.3, 0.4) is 0 Å². The van der Waals surface area contributed by atoms with Gasteiger partial charge in [-0.25, -0.2) is 10.9 Å². The van der Waals surface area contributed by atoms with Crippen molar-refractivity contribution in [1.29, 1.82) is 0 Å². The predicted octanol–water partition coefficient (Wildman–Crippen LogP) is -4.62. The van der Waals surface area contributed by atoms with Gasteiger partial charge in [-0.3, -0.25) is 42.1 Å². The number of ether oxygens (including phenoxy) is 1. The van der Waals surface area contributed by atoms with Gasteiger partial charge in [0.05, 0.1) is 6.33 Å². The Morgan fingerprint density at radius 2 is 2.17 bits per heavy atom. The number of fused-ring (bicyclic) bond motifs is 1. The highest BCUT2D eigenvalue weighted by Gasteiger charge is 2.65. The molecular weight excluding hydrogens is 324 g/mol. The molecule has 1 fully saturated rings. The van der Waals surface area contributed by atoms with Gasteiger partial charge in [0.2, 0.25) is 17.5 Å². The van der Waals surface area contributed by atoms with E-state index in [1.807, 2.05) is 0 Å². The number of aromatic amines is 1. The van der Waals surface area contributed by atoms with Gasteiger partial charge in [-0.2, -0.15) is 4.98 Å². The van der Waals surface area contributed by atoms with Gasteiger partial charge in [-0.15, -0.1) is 0 Å². The summed E-state index contributed by atoms with van der Waals surface area (Å²) in [7, 11) is 0. The molecule has 0 saturated carbocycles. The van der Waals surface area contributed by atoms with Crippen LogP contribution in [0.1, 0.15) is 12.6 Å². The van der Waals surface area contributed by atoms with E-state index in [1.165, 1.54) is 10.9 Å². The zero-order valence-corrected chi connectivity index (χ0v) is 12.3. The Morgan fingerprint density at radius 3 is 2.79 bits per heavy atom.